The molecule has 234 valence electrons. The van der Waals surface area contributed by atoms with Crippen molar-refractivity contribution in [2.24, 2.45) is 0 Å². The van der Waals surface area contributed by atoms with Gasteiger partial charge in [0.2, 0.25) is 5.95 Å². The molecule has 6 heteroatoms. The fourth-order valence-electron chi connectivity index (χ4n) is 6.94. The second-order valence-electron chi connectivity index (χ2n) is 12.3. The SMILES string of the molecule is c1ccc(-c2ccc3sc4c(ccc5c6cc(-c7ccccn7)ccc6n(-c6nc(-c7ccccc7)nc(-c7ccccc7)n6)c54)c3c2)cc1. The van der Waals surface area contributed by atoms with Gasteiger partial charge in [0.25, 0.3) is 0 Å². The molecule has 0 fully saturated rings. The van der Waals surface area contributed by atoms with E-state index in [1.165, 1.54) is 31.3 Å². The van der Waals surface area contributed by atoms with Crippen LogP contribution in [0.3, 0.4) is 0 Å². The molecule has 0 spiro atoms. The van der Waals surface area contributed by atoms with Crippen molar-refractivity contribution in [1.29, 1.82) is 0 Å². The van der Waals surface area contributed by atoms with Crippen LogP contribution in [0.4, 0.5) is 0 Å². The van der Waals surface area contributed by atoms with E-state index >= 15 is 0 Å². The van der Waals surface area contributed by atoms with Gasteiger partial charge in [-0.1, -0.05) is 121 Å². The van der Waals surface area contributed by atoms with Crippen molar-refractivity contribution in [1.82, 2.24) is 24.5 Å². The zero-order chi connectivity index (χ0) is 33.0. The van der Waals surface area contributed by atoms with Crippen molar-refractivity contribution in [3.8, 4) is 51.1 Å². The summed E-state index contributed by atoms with van der Waals surface area (Å²) in [6, 6.07) is 54.8. The molecule has 5 nitrogen and oxygen atoms in total. The van der Waals surface area contributed by atoms with Crippen LogP contribution in [0.25, 0.3) is 93.1 Å². The van der Waals surface area contributed by atoms with Gasteiger partial charge >= 0.3 is 0 Å². The number of rotatable bonds is 5. The topological polar surface area (TPSA) is 56.5 Å². The third-order valence-electron chi connectivity index (χ3n) is 9.32. The molecule has 50 heavy (non-hydrogen) atoms. The van der Waals surface area contributed by atoms with Gasteiger partial charge in [-0.05, 0) is 47.5 Å². The van der Waals surface area contributed by atoms with Crippen LogP contribution in [0.5, 0.6) is 0 Å². The Balaban J connectivity index is 1.31. The van der Waals surface area contributed by atoms with Crippen molar-refractivity contribution in [3.05, 3.63) is 164 Å². The van der Waals surface area contributed by atoms with Crippen LogP contribution >= 0.6 is 11.3 Å². The third-order valence-corrected chi connectivity index (χ3v) is 10.5. The number of fused-ring (bicyclic) bond motifs is 7. The van der Waals surface area contributed by atoms with Gasteiger partial charge in [-0.2, -0.15) is 9.97 Å². The van der Waals surface area contributed by atoms with Crippen LogP contribution in [-0.2, 0) is 0 Å². The first kappa shape index (κ1) is 28.5. The Kier molecular flexibility index (Phi) is 6.60. The molecule has 0 aliphatic rings. The van der Waals surface area contributed by atoms with Crippen LogP contribution < -0.4 is 0 Å². The maximum Gasteiger partial charge on any atom is 0.238 e. The van der Waals surface area contributed by atoms with Gasteiger partial charge in [-0.3, -0.25) is 9.55 Å². The minimum Gasteiger partial charge on any atom is -0.276 e. The predicted molar refractivity (Wildman–Crippen MR) is 207 cm³/mol. The summed E-state index contributed by atoms with van der Waals surface area (Å²) in [5.74, 6) is 1.84. The zero-order valence-corrected chi connectivity index (χ0v) is 27.5. The second kappa shape index (κ2) is 11.6. The quantitative estimate of drug-likeness (QED) is 0.185. The highest BCUT2D eigenvalue weighted by molar-refractivity contribution is 7.26. The van der Waals surface area contributed by atoms with Crippen LogP contribution in [0.15, 0.2) is 164 Å². The van der Waals surface area contributed by atoms with Crippen molar-refractivity contribution < 1.29 is 0 Å². The Morgan fingerprint density at radius 3 is 1.74 bits per heavy atom. The van der Waals surface area contributed by atoms with E-state index in [0.29, 0.717) is 17.6 Å². The lowest BCUT2D eigenvalue weighted by Crippen LogP contribution is -2.06. The monoisotopic (exact) mass is 657 g/mol. The summed E-state index contributed by atoms with van der Waals surface area (Å²) in [5, 5.41) is 4.72. The number of thiophene rings is 1. The van der Waals surface area contributed by atoms with Crippen LogP contribution in [0.1, 0.15) is 0 Å². The number of pyridine rings is 1. The minimum absolute atomic E-state index is 0.582. The molecule has 4 aromatic heterocycles. The molecule has 4 heterocycles. The largest absolute Gasteiger partial charge is 0.276 e. The number of hydrogen-bond acceptors (Lipinski definition) is 5. The minimum atomic E-state index is 0.582. The van der Waals surface area contributed by atoms with E-state index in [-0.39, 0.29) is 0 Å². The molecule has 0 saturated carbocycles. The lowest BCUT2D eigenvalue weighted by molar-refractivity contribution is 0.955. The Hall–Kier alpha value is -6.50. The van der Waals surface area contributed by atoms with Gasteiger partial charge < -0.3 is 0 Å². The van der Waals surface area contributed by atoms with Crippen molar-refractivity contribution in [2.75, 3.05) is 0 Å². The standard InChI is InChI=1S/C44H27N5S/c1-4-12-28(13-5-1)31-20-24-39-36(26-31)34-22-21-33-35-27-32(37-18-10-11-25-45-37)19-23-38(35)49(40(33)41(34)50-39)44-47-42(29-14-6-2-7-15-29)46-43(48-44)30-16-8-3-9-17-30/h1-27H. The summed E-state index contributed by atoms with van der Waals surface area (Å²) in [5.41, 5.74) is 8.39. The fraction of sp³-hybridized carbons (Fsp3) is 0. The molecule has 0 unspecified atom stereocenters. The van der Waals surface area contributed by atoms with Gasteiger partial charge in [0.05, 0.1) is 21.4 Å². The number of hydrogen-bond donors (Lipinski definition) is 0. The van der Waals surface area contributed by atoms with E-state index in [1.54, 1.807) is 0 Å². The highest BCUT2D eigenvalue weighted by Crippen LogP contribution is 2.44. The van der Waals surface area contributed by atoms with Crippen molar-refractivity contribution >= 4 is 53.3 Å². The first-order valence-electron chi connectivity index (χ1n) is 16.6. The van der Waals surface area contributed by atoms with Crippen LogP contribution in [-0.4, -0.2) is 24.5 Å². The van der Waals surface area contributed by atoms with E-state index in [9.17, 15) is 0 Å². The molecule has 0 radical (unpaired) electrons. The molecule has 0 atom stereocenters. The molecule has 6 aromatic carbocycles. The molecule has 10 rings (SSSR count). The van der Waals surface area contributed by atoms with Gasteiger partial charge in [0.15, 0.2) is 11.6 Å². The van der Waals surface area contributed by atoms with E-state index in [1.807, 2.05) is 90.3 Å². The smallest absolute Gasteiger partial charge is 0.238 e. The van der Waals surface area contributed by atoms with Gasteiger partial charge in [-0.25, -0.2) is 4.98 Å². The summed E-state index contributed by atoms with van der Waals surface area (Å²) in [6.45, 7) is 0. The van der Waals surface area contributed by atoms with E-state index in [0.717, 1.165) is 44.2 Å². The van der Waals surface area contributed by atoms with E-state index in [2.05, 4.69) is 94.5 Å². The van der Waals surface area contributed by atoms with Gasteiger partial charge in [0.1, 0.15) is 0 Å². The number of benzene rings is 6. The molecule has 0 bridgehead atoms. The Morgan fingerprint density at radius 2 is 1.06 bits per heavy atom. The predicted octanol–water partition coefficient (Wildman–Crippen LogP) is 11.4. The molecule has 0 N–H and O–H groups in total. The molecule has 0 aliphatic heterocycles. The highest BCUT2D eigenvalue weighted by Gasteiger charge is 2.22. The van der Waals surface area contributed by atoms with Crippen LogP contribution in [0, 0.1) is 0 Å². The summed E-state index contributed by atoms with van der Waals surface area (Å²) in [6.07, 6.45) is 1.84. The molecule has 0 aliphatic carbocycles. The normalized spacial score (nSPS) is 11.6. The molecule has 10 aromatic rings. The maximum absolute atomic E-state index is 5.20. The molecule has 0 saturated heterocycles. The van der Waals surface area contributed by atoms with E-state index < -0.39 is 0 Å². The molecular formula is C44H27N5S. The Morgan fingerprint density at radius 1 is 0.440 bits per heavy atom. The molecule has 0 amide bonds. The fourth-order valence-corrected chi connectivity index (χ4v) is 8.16. The first-order valence-corrected chi connectivity index (χ1v) is 17.4. The maximum atomic E-state index is 5.20. The Bertz CT molecular complexity index is 2790. The van der Waals surface area contributed by atoms with Crippen molar-refractivity contribution in [2.45, 2.75) is 0 Å². The summed E-state index contributed by atoms with van der Waals surface area (Å²) in [7, 11) is 0. The summed E-state index contributed by atoms with van der Waals surface area (Å²) >= 11 is 1.82. The molecular weight excluding hydrogens is 631 g/mol. The summed E-state index contributed by atoms with van der Waals surface area (Å²) in [4.78, 5) is 20.1. The Labute approximate surface area is 291 Å². The third kappa shape index (κ3) is 4.69. The van der Waals surface area contributed by atoms with Crippen molar-refractivity contribution in [3.63, 3.8) is 0 Å². The van der Waals surface area contributed by atoms with E-state index in [4.69, 9.17) is 15.0 Å². The van der Waals surface area contributed by atoms with Gasteiger partial charge in [-0.15, -0.1) is 11.3 Å². The lowest BCUT2D eigenvalue weighted by Gasteiger charge is -2.11. The zero-order valence-electron chi connectivity index (χ0n) is 26.7. The highest BCUT2D eigenvalue weighted by atomic mass is 32.1. The van der Waals surface area contributed by atoms with Gasteiger partial charge in [0, 0.05) is 49.1 Å². The second-order valence-corrected chi connectivity index (χ2v) is 13.4. The lowest BCUT2D eigenvalue weighted by atomic mass is 10.0. The average molecular weight is 658 g/mol. The average Bonchev–Trinajstić information content (AvgIpc) is 3.74. The van der Waals surface area contributed by atoms with Crippen LogP contribution in [0.2, 0.25) is 0 Å². The number of aromatic nitrogens is 5. The summed E-state index contributed by atoms with van der Waals surface area (Å²) < 4.78 is 4.67. The number of nitrogens with zero attached hydrogens (tertiary/aromatic N) is 5. The first-order chi connectivity index (χ1) is 24.8.